The minimum atomic E-state index is 0.387. The van der Waals surface area contributed by atoms with E-state index < -0.39 is 0 Å². The number of nitrogen functional groups attached to an aromatic ring is 1. The van der Waals surface area contributed by atoms with Crippen LogP contribution in [0.3, 0.4) is 0 Å². The zero-order valence-electron chi connectivity index (χ0n) is 13.0. The van der Waals surface area contributed by atoms with Gasteiger partial charge in [-0.15, -0.1) is 0 Å². The summed E-state index contributed by atoms with van der Waals surface area (Å²) in [4.78, 5) is 4.20. The molecule has 0 aliphatic rings. The van der Waals surface area contributed by atoms with Gasteiger partial charge in [-0.05, 0) is 55.5 Å². The van der Waals surface area contributed by atoms with E-state index in [0.29, 0.717) is 6.04 Å². The molecule has 3 nitrogen and oxygen atoms in total. The van der Waals surface area contributed by atoms with Crippen LogP contribution in [0.15, 0.2) is 42.7 Å². The molecule has 21 heavy (non-hydrogen) atoms. The molecule has 0 saturated heterocycles. The average molecular weight is 283 g/mol. The molecular formula is C18H25N3. The van der Waals surface area contributed by atoms with Crippen LogP contribution in [0.5, 0.6) is 0 Å². The van der Waals surface area contributed by atoms with Crippen LogP contribution in [0.1, 0.15) is 30.0 Å². The fourth-order valence-electron chi connectivity index (χ4n) is 2.54. The van der Waals surface area contributed by atoms with Gasteiger partial charge in [0.25, 0.3) is 0 Å². The smallest absolute Gasteiger partial charge is 0.0378 e. The Balaban J connectivity index is 2.11. The normalized spacial score (nSPS) is 12.3. The molecular weight excluding hydrogens is 258 g/mol. The van der Waals surface area contributed by atoms with Gasteiger partial charge in [-0.2, -0.15) is 0 Å². The van der Waals surface area contributed by atoms with Gasteiger partial charge in [-0.25, -0.2) is 0 Å². The Bertz CT molecular complexity index is 518. The molecule has 3 heteroatoms. The second-order valence-corrected chi connectivity index (χ2v) is 5.56. The Hall–Kier alpha value is -1.87. The van der Waals surface area contributed by atoms with Crippen molar-refractivity contribution in [3.63, 3.8) is 0 Å². The average Bonchev–Trinajstić information content (AvgIpc) is 2.49. The molecule has 1 aromatic carbocycles. The van der Waals surface area contributed by atoms with E-state index in [1.807, 2.05) is 12.3 Å². The number of nitrogens with two attached hydrogens (primary N) is 1. The van der Waals surface area contributed by atoms with E-state index in [4.69, 9.17) is 5.73 Å². The largest absolute Gasteiger partial charge is 0.398 e. The third-order valence-electron chi connectivity index (χ3n) is 3.82. The van der Waals surface area contributed by atoms with E-state index in [-0.39, 0.29) is 0 Å². The zero-order chi connectivity index (χ0) is 15.1. The van der Waals surface area contributed by atoms with Crippen LogP contribution in [-0.4, -0.2) is 17.6 Å². The van der Waals surface area contributed by atoms with Crippen LogP contribution in [0.4, 0.5) is 5.69 Å². The number of anilines is 1. The molecule has 0 saturated carbocycles. The van der Waals surface area contributed by atoms with Gasteiger partial charge in [0.1, 0.15) is 0 Å². The van der Waals surface area contributed by atoms with Crippen LogP contribution < -0.4 is 11.1 Å². The molecule has 112 valence electrons. The number of aromatic nitrogens is 1. The van der Waals surface area contributed by atoms with Gasteiger partial charge < -0.3 is 11.1 Å². The van der Waals surface area contributed by atoms with E-state index in [1.165, 1.54) is 11.1 Å². The van der Waals surface area contributed by atoms with Gasteiger partial charge in [0.15, 0.2) is 0 Å². The van der Waals surface area contributed by atoms with Crippen molar-refractivity contribution in [2.45, 2.75) is 39.2 Å². The fourth-order valence-corrected chi connectivity index (χ4v) is 2.54. The SMILES string of the molecule is CCCNC(Cc1ccccc1C)Cc1cnccc1N. The van der Waals surface area contributed by atoms with Crippen molar-refractivity contribution < 1.29 is 0 Å². The number of hydrogen-bond donors (Lipinski definition) is 2. The highest BCUT2D eigenvalue weighted by molar-refractivity contribution is 5.44. The Kier molecular flexibility index (Phi) is 5.76. The predicted octanol–water partition coefficient (Wildman–Crippen LogP) is 3.13. The van der Waals surface area contributed by atoms with Crippen molar-refractivity contribution in [3.8, 4) is 0 Å². The molecule has 0 aliphatic carbocycles. The standard InChI is InChI=1S/C18H25N3/c1-3-9-21-17(11-15-7-5-4-6-14(15)2)12-16-13-20-10-8-18(16)19/h4-8,10,13,17,21H,3,9,11-12H2,1-2H3,(H2,19,20). The topological polar surface area (TPSA) is 50.9 Å². The molecule has 0 bridgehead atoms. The lowest BCUT2D eigenvalue weighted by Crippen LogP contribution is -2.34. The number of benzene rings is 1. The van der Waals surface area contributed by atoms with Crippen molar-refractivity contribution >= 4 is 5.69 Å². The number of aryl methyl sites for hydroxylation is 1. The van der Waals surface area contributed by atoms with Crippen LogP contribution in [0.2, 0.25) is 0 Å². The van der Waals surface area contributed by atoms with Crippen LogP contribution in [0, 0.1) is 6.92 Å². The highest BCUT2D eigenvalue weighted by Gasteiger charge is 2.12. The minimum Gasteiger partial charge on any atom is -0.398 e. The Morgan fingerprint density at radius 1 is 1.14 bits per heavy atom. The summed E-state index contributed by atoms with van der Waals surface area (Å²) in [7, 11) is 0. The molecule has 0 spiro atoms. The van der Waals surface area contributed by atoms with Crippen LogP contribution in [-0.2, 0) is 12.8 Å². The maximum atomic E-state index is 6.05. The summed E-state index contributed by atoms with van der Waals surface area (Å²) in [6, 6.07) is 10.8. The highest BCUT2D eigenvalue weighted by Crippen LogP contribution is 2.16. The van der Waals surface area contributed by atoms with E-state index in [0.717, 1.165) is 37.1 Å². The fraction of sp³-hybridized carbons (Fsp3) is 0.389. The summed E-state index contributed by atoms with van der Waals surface area (Å²) in [5.41, 5.74) is 10.8. The molecule has 1 aromatic heterocycles. The van der Waals surface area contributed by atoms with Gasteiger partial charge in [0.2, 0.25) is 0 Å². The zero-order valence-corrected chi connectivity index (χ0v) is 13.0. The summed E-state index contributed by atoms with van der Waals surface area (Å²) >= 11 is 0. The maximum Gasteiger partial charge on any atom is 0.0378 e. The van der Waals surface area contributed by atoms with Crippen molar-refractivity contribution in [1.29, 1.82) is 0 Å². The van der Waals surface area contributed by atoms with E-state index in [2.05, 4.69) is 48.4 Å². The minimum absolute atomic E-state index is 0.387. The second kappa shape index (κ2) is 7.79. The first-order valence-corrected chi connectivity index (χ1v) is 7.67. The Labute approximate surface area is 127 Å². The molecule has 1 unspecified atom stereocenters. The molecule has 0 aliphatic heterocycles. The molecule has 1 atom stereocenters. The summed E-state index contributed by atoms with van der Waals surface area (Å²) in [5, 5.41) is 3.64. The number of pyridine rings is 1. The van der Waals surface area contributed by atoms with Gasteiger partial charge in [0, 0.05) is 24.1 Å². The quantitative estimate of drug-likeness (QED) is 0.821. The lowest BCUT2D eigenvalue weighted by atomic mass is 9.96. The number of hydrogen-bond acceptors (Lipinski definition) is 3. The first-order chi connectivity index (χ1) is 10.2. The molecule has 1 heterocycles. The second-order valence-electron chi connectivity index (χ2n) is 5.56. The van der Waals surface area contributed by atoms with Gasteiger partial charge >= 0.3 is 0 Å². The van der Waals surface area contributed by atoms with Crippen molar-refractivity contribution in [2.75, 3.05) is 12.3 Å². The van der Waals surface area contributed by atoms with E-state index >= 15 is 0 Å². The molecule has 0 fully saturated rings. The molecule has 3 N–H and O–H groups in total. The summed E-state index contributed by atoms with van der Waals surface area (Å²) in [5.74, 6) is 0. The van der Waals surface area contributed by atoms with E-state index in [9.17, 15) is 0 Å². The van der Waals surface area contributed by atoms with E-state index in [1.54, 1.807) is 6.20 Å². The van der Waals surface area contributed by atoms with Gasteiger partial charge in [-0.1, -0.05) is 31.2 Å². The van der Waals surface area contributed by atoms with Crippen molar-refractivity contribution in [3.05, 3.63) is 59.4 Å². The number of nitrogens with one attached hydrogen (secondary N) is 1. The van der Waals surface area contributed by atoms with Crippen molar-refractivity contribution in [1.82, 2.24) is 10.3 Å². The first kappa shape index (κ1) is 15.5. The third-order valence-corrected chi connectivity index (χ3v) is 3.82. The summed E-state index contributed by atoms with van der Waals surface area (Å²) in [6.07, 6.45) is 6.68. The lowest BCUT2D eigenvalue weighted by molar-refractivity contribution is 0.504. The maximum absolute atomic E-state index is 6.05. The molecule has 0 amide bonds. The lowest BCUT2D eigenvalue weighted by Gasteiger charge is -2.20. The number of rotatable bonds is 7. The molecule has 0 radical (unpaired) electrons. The monoisotopic (exact) mass is 283 g/mol. The third kappa shape index (κ3) is 4.57. The first-order valence-electron chi connectivity index (χ1n) is 7.67. The Morgan fingerprint density at radius 3 is 2.62 bits per heavy atom. The summed E-state index contributed by atoms with van der Waals surface area (Å²) < 4.78 is 0. The Morgan fingerprint density at radius 2 is 1.90 bits per heavy atom. The highest BCUT2D eigenvalue weighted by atomic mass is 14.9. The molecule has 2 rings (SSSR count). The molecule has 2 aromatic rings. The number of nitrogens with zero attached hydrogens (tertiary/aromatic N) is 1. The van der Waals surface area contributed by atoms with Gasteiger partial charge in [-0.3, -0.25) is 4.98 Å². The van der Waals surface area contributed by atoms with Gasteiger partial charge in [0.05, 0.1) is 0 Å². The summed E-state index contributed by atoms with van der Waals surface area (Å²) in [6.45, 7) is 5.39. The van der Waals surface area contributed by atoms with Crippen molar-refractivity contribution in [2.24, 2.45) is 0 Å². The van der Waals surface area contributed by atoms with Crippen LogP contribution in [0.25, 0.3) is 0 Å². The predicted molar refractivity (Wildman–Crippen MR) is 89.3 cm³/mol. The van der Waals surface area contributed by atoms with Crippen LogP contribution >= 0.6 is 0 Å².